The summed E-state index contributed by atoms with van der Waals surface area (Å²) < 4.78 is 13.8. The first-order chi connectivity index (χ1) is 34.6. The summed E-state index contributed by atoms with van der Waals surface area (Å²) in [7, 11) is 0. The van der Waals surface area contributed by atoms with E-state index in [2.05, 4.69) is 25.4 Å². The summed E-state index contributed by atoms with van der Waals surface area (Å²) in [5, 5.41) is 16.5. The number of hydrogen-bond acceptors (Lipinski definition) is 13. The first-order valence-corrected chi connectivity index (χ1v) is 25.7. The number of anilines is 3. The minimum absolute atomic E-state index is 0.0236. The van der Waals surface area contributed by atoms with E-state index >= 15 is 0 Å². The number of aromatic carboxylic acids is 1. The summed E-state index contributed by atoms with van der Waals surface area (Å²) in [6.07, 6.45) is 8.15. The Balaban J connectivity index is 0.662. The van der Waals surface area contributed by atoms with Crippen molar-refractivity contribution in [2.75, 3.05) is 54.4 Å². The van der Waals surface area contributed by atoms with Crippen molar-refractivity contribution in [2.45, 2.75) is 83.3 Å². The van der Waals surface area contributed by atoms with Crippen LogP contribution in [0.1, 0.15) is 100 Å². The number of piperazine rings is 1. The number of pyridine rings is 1. The number of rotatable bonds is 13. The van der Waals surface area contributed by atoms with Crippen LogP contribution in [0.2, 0.25) is 0 Å². The molecule has 16 heteroatoms. The highest BCUT2D eigenvalue weighted by molar-refractivity contribution is 7.22. The Morgan fingerprint density at radius 3 is 2.48 bits per heavy atom. The van der Waals surface area contributed by atoms with E-state index in [1.807, 2.05) is 103 Å². The normalized spacial score (nSPS) is 19.7. The van der Waals surface area contributed by atoms with Gasteiger partial charge in [-0.2, -0.15) is 4.98 Å². The maximum atomic E-state index is 13.7. The average Bonchev–Trinajstić information content (AvgIpc) is 4.01. The zero-order valence-electron chi connectivity index (χ0n) is 39.7. The number of amides is 3. The lowest BCUT2D eigenvalue weighted by molar-refractivity contribution is -0.134. The van der Waals surface area contributed by atoms with Gasteiger partial charge in [-0.1, -0.05) is 53.8 Å². The minimum atomic E-state index is -1.11. The second-order valence-electron chi connectivity index (χ2n) is 19.3. The van der Waals surface area contributed by atoms with Crippen LogP contribution in [-0.4, -0.2) is 94.0 Å². The third kappa shape index (κ3) is 9.82. The molecule has 0 spiro atoms. The maximum absolute atomic E-state index is 13.7. The quantitative estimate of drug-likeness (QED) is 0.0930. The van der Waals surface area contributed by atoms with Gasteiger partial charge in [-0.05, 0) is 147 Å². The third-order valence-electron chi connectivity index (χ3n) is 14.9. The van der Waals surface area contributed by atoms with E-state index in [1.54, 1.807) is 0 Å². The van der Waals surface area contributed by atoms with E-state index < -0.39 is 5.97 Å². The highest BCUT2D eigenvalue weighted by Crippen LogP contribution is 2.38. The van der Waals surface area contributed by atoms with Gasteiger partial charge in [-0.15, -0.1) is 0 Å². The highest BCUT2D eigenvalue weighted by atomic mass is 32.1. The zero-order chi connectivity index (χ0) is 48.6. The Morgan fingerprint density at radius 1 is 0.831 bits per heavy atom. The number of hydrogen-bond donors (Lipinski definition) is 3. The molecule has 1 aliphatic carbocycles. The van der Waals surface area contributed by atoms with Crippen LogP contribution in [0.25, 0.3) is 32.4 Å². The van der Waals surface area contributed by atoms with E-state index in [0.29, 0.717) is 71.9 Å². The molecule has 3 amide bonds. The summed E-state index contributed by atoms with van der Waals surface area (Å²) in [6, 6.07) is 29.5. The number of carboxylic acid groups (broad SMARTS) is 1. The average molecular weight is 973 g/mol. The number of carboxylic acids is 1. The number of nitrogens with one attached hydrogen (secondary N) is 2. The van der Waals surface area contributed by atoms with E-state index in [-0.39, 0.29) is 35.4 Å². The van der Waals surface area contributed by atoms with E-state index in [0.717, 1.165) is 114 Å². The number of fused-ring (bicyclic) bond motifs is 3. The lowest BCUT2D eigenvalue weighted by Gasteiger charge is -2.34. The van der Waals surface area contributed by atoms with Gasteiger partial charge in [0.1, 0.15) is 17.1 Å². The van der Waals surface area contributed by atoms with Gasteiger partial charge in [0, 0.05) is 56.8 Å². The van der Waals surface area contributed by atoms with Gasteiger partial charge in [0.15, 0.2) is 16.4 Å². The predicted molar refractivity (Wildman–Crippen MR) is 274 cm³/mol. The van der Waals surface area contributed by atoms with Crippen LogP contribution in [0.4, 0.5) is 17.0 Å². The number of thiazole rings is 1. The van der Waals surface area contributed by atoms with Crippen molar-refractivity contribution in [3.8, 4) is 16.9 Å². The fourth-order valence-corrected chi connectivity index (χ4v) is 11.8. The molecule has 0 radical (unpaired) electrons. The van der Waals surface area contributed by atoms with Gasteiger partial charge in [0.2, 0.25) is 11.8 Å². The molecule has 4 aromatic carbocycles. The molecular formula is C55H56N8O7S. The summed E-state index contributed by atoms with van der Waals surface area (Å²) in [5.74, 6) is -0.181. The first-order valence-electron chi connectivity index (χ1n) is 24.9. The molecule has 7 aromatic rings. The van der Waals surface area contributed by atoms with Gasteiger partial charge in [-0.3, -0.25) is 29.9 Å². The van der Waals surface area contributed by atoms with Gasteiger partial charge in [0.25, 0.3) is 11.9 Å². The Morgan fingerprint density at radius 2 is 1.66 bits per heavy atom. The Bertz CT molecular complexity index is 3140. The van der Waals surface area contributed by atoms with Crippen molar-refractivity contribution in [1.82, 2.24) is 25.2 Å². The summed E-state index contributed by atoms with van der Waals surface area (Å²) >= 11 is 1.44. The fraction of sp³-hybridized carbons (Fsp3) is 0.364. The number of benzene rings is 4. The Hall–Kier alpha value is -7.17. The van der Waals surface area contributed by atoms with Crippen LogP contribution in [0, 0.1) is 12.8 Å². The molecule has 1 unspecified atom stereocenters. The SMILES string of the molecule is Cc1c(OC2CCC(CCCN3CCN(c4nc5cc(C6CCC(=O)NC6=O)ccc5o4)CC3)CC2)cccc1-c1ccc(N2CCc3cccc(C(=O)Nc4nc5ccccc5s4)c3C2)nc1C(=O)O. The standard InChI is InChI=1S/C55H56N8O7S/c1-33-38(40-19-22-48(58-50(40)53(67)68)63-26-24-35-8-4-10-41(42(35)32-63)52(66)60-54-56-43-11-2-3-13-47(43)71-54)9-5-12-45(33)69-37-17-14-34(15-18-37)7-6-25-61-27-29-62(30-28-61)55-57-44-31-36(16-21-46(44)70-55)39-20-23-49(64)59-51(39)65/h2-5,8-13,16,19,21-22,31,34,37,39H,6-7,14-15,17-18,20,23-30,32H2,1H3,(H,67,68)(H,56,60,66)(H,59,64,65). The molecule has 71 heavy (non-hydrogen) atoms. The van der Waals surface area contributed by atoms with Crippen LogP contribution in [-0.2, 0) is 22.6 Å². The van der Waals surface area contributed by atoms with Gasteiger partial charge >= 0.3 is 5.97 Å². The summed E-state index contributed by atoms with van der Waals surface area (Å²) in [4.78, 5) is 71.5. The molecule has 11 rings (SSSR count). The number of carbonyl (C=O) groups is 4. The van der Waals surface area contributed by atoms with Crippen molar-refractivity contribution in [3.63, 3.8) is 0 Å². The topological polar surface area (TPSA) is 183 Å². The molecule has 364 valence electrons. The second-order valence-corrected chi connectivity index (χ2v) is 20.3. The number of carbonyl (C=O) groups excluding carboxylic acids is 3. The zero-order valence-corrected chi connectivity index (χ0v) is 40.5. The van der Waals surface area contributed by atoms with Crippen molar-refractivity contribution in [3.05, 3.63) is 125 Å². The smallest absolute Gasteiger partial charge is 0.355 e. The first kappa shape index (κ1) is 46.2. The number of para-hydroxylation sites is 1. The van der Waals surface area contributed by atoms with Crippen LogP contribution in [0.15, 0.2) is 95.4 Å². The molecule has 3 fully saturated rings. The van der Waals surface area contributed by atoms with Crippen molar-refractivity contribution < 1.29 is 33.4 Å². The highest BCUT2D eigenvalue weighted by Gasteiger charge is 2.30. The predicted octanol–water partition coefficient (Wildman–Crippen LogP) is 9.38. The van der Waals surface area contributed by atoms with Gasteiger partial charge < -0.3 is 24.1 Å². The van der Waals surface area contributed by atoms with Crippen LogP contribution in [0.5, 0.6) is 5.75 Å². The van der Waals surface area contributed by atoms with Gasteiger partial charge in [-0.25, -0.2) is 14.8 Å². The monoisotopic (exact) mass is 972 g/mol. The Labute approximate surface area is 415 Å². The molecule has 3 aromatic heterocycles. The van der Waals surface area contributed by atoms with E-state index in [1.165, 1.54) is 17.8 Å². The fourth-order valence-electron chi connectivity index (χ4n) is 10.9. The van der Waals surface area contributed by atoms with Crippen molar-refractivity contribution in [1.29, 1.82) is 0 Å². The van der Waals surface area contributed by atoms with E-state index in [9.17, 15) is 24.3 Å². The molecule has 1 saturated carbocycles. The Kier molecular flexibility index (Phi) is 13.0. The lowest BCUT2D eigenvalue weighted by Crippen LogP contribution is -2.46. The van der Waals surface area contributed by atoms with Crippen LogP contribution in [0.3, 0.4) is 0 Å². The molecule has 2 saturated heterocycles. The van der Waals surface area contributed by atoms with E-state index in [4.69, 9.17) is 19.1 Å². The minimum Gasteiger partial charge on any atom is -0.490 e. The molecule has 1 atom stereocenters. The molecular weight excluding hydrogens is 917 g/mol. The van der Waals surface area contributed by atoms with Gasteiger partial charge in [0.05, 0.1) is 22.2 Å². The number of ether oxygens (including phenoxy) is 1. The number of oxazole rings is 1. The number of imide groups is 1. The van der Waals surface area contributed by atoms with Crippen LogP contribution < -0.4 is 25.2 Å². The molecule has 3 N–H and O–H groups in total. The lowest BCUT2D eigenvalue weighted by atomic mass is 9.84. The second kappa shape index (κ2) is 19.9. The molecule has 4 aliphatic rings. The molecule has 15 nitrogen and oxygen atoms in total. The van der Waals surface area contributed by atoms with Crippen LogP contribution >= 0.6 is 11.3 Å². The molecule has 0 bridgehead atoms. The van der Waals surface area contributed by atoms with Crippen molar-refractivity contribution >= 4 is 73.3 Å². The number of aromatic nitrogens is 3. The largest absolute Gasteiger partial charge is 0.490 e. The third-order valence-corrected chi connectivity index (χ3v) is 15.8. The molecule has 6 heterocycles. The maximum Gasteiger partial charge on any atom is 0.355 e. The molecule has 3 aliphatic heterocycles. The van der Waals surface area contributed by atoms with Crippen molar-refractivity contribution in [2.24, 2.45) is 5.92 Å². The summed E-state index contributed by atoms with van der Waals surface area (Å²) in [6.45, 7) is 7.65. The number of piperidine rings is 1. The summed E-state index contributed by atoms with van der Waals surface area (Å²) in [5.41, 5.74) is 7.84. The number of nitrogens with zero attached hydrogens (tertiary/aromatic N) is 6.